The molecule has 0 saturated carbocycles. The third kappa shape index (κ3) is 3.93. The lowest BCUT2D eigenvalue weighted by Crippen LogP contribution is -2.41. The van der Waals surface area contributed by atoms with Gasteiger partial charge in [-0.05, 0) is 51.7 Å². The number of fused-ring (bicyclic) bond motifs is 1. The highest BCUT2D eigenvalue weighted by molar-refractivity contribution is 6.12. The van der Waals surface area contributed by atoms with Gasteiger partial charge in [0.05, 0.1) is 5.56 Å². The lowest BCUT2D eigenvalue weighted by Gasteiger charge is -2.35. The van der Waals surface area contributed by atoms with E-state index in [1.54, 1.807) is 19.2 Å². The van der Waals surface area contributed by atoms with Crippen LogP contribution >= 0.6 is 0 Å². The Morgan fingerprint density at radius 2 is 1.90 bits per heavy atom. The summed E-state index contributed by atoms with van der Waals surface area (Å²) >= 11 is 0. The number of phenols is 1. The summed E-state index contributed by atoms with van der Waals surface area (Å²) in [7, 11) is 5.89. The van der Waals surface area contributed by atoms with Crippen LogP contribution in [0.4, 0.5) is 0 Å². The van der Waals surface area contributed by atoms with Crippen LogP contribution in [0, 0.1) is 0 Å². The Kier molecular flexibility index (Phi) is 5.79. The van der Waals surface area contributed by atoms with Gasteiger partial charge in [0.2, 0.25) is 0 Å². The van der Waals surface area contributed by atoms with E-state index in [0.29, 0.717) is 29.5 Å². The van der Waals surface area contributed by atoms with Crippen LogP contribution in [0.5, 0.6) is 5.75 Å². The van der Waals surface area contributed by atoms with E-state index in [2.05, 4.69) is 29.2 Å². The second-order valence-electron chi connectivity index (χ2n) is 8.20. The molecule has 4 rings (SSSR count). The number of furan rings is 1. The van der Waals surface area contributed by atoms with Crippen molar-refractivity contribution in [2.24, 2.45) is 0 Å². The first-order valence-electron chi connectivity index (χ1n) is 10.4. The molecule has 2 N–H and O–H groups in total. The zero-order chi connectivity index (χ0) is 21.3. The van der Waals surface area contributed by atoms with Gasteiger partial charge < -0.3 is 19.7 Å². The summed E-state index contributed by atoms with van der Waals surface area (Å²) in [4.78, 5) is 17.6. The van der Waals surface area contributed by atoms with Crippen LogP contribution in [0.3, 0.4) is 0 Å². The number of nitrogens with zero attached hydrogens (tertiary/aromatic N) is 2. The molecule has 0 aliphatic carbocycles. The molecular formula is C24H29N3O3. The zero-order valence-electron chi connectivity index (χ0n) is 17.8. The van der Waals surface area contributed by atoms with Crippen molar-refractivity contribution in [1.82, 2.24) is 15.1 Å². The first-order valence-corrected chi connectivity index (χ1v) is 10.4. The van der Waals surface area contributed by atoms with Crippen molar-refractivity contribution >= 4 is 16.9 Å². The van der Waals surface area contributed by atoms with Crippen LogP contribution in [-0.4, -0.2) is 61.1 Å². The summed E-state index contributed by atoms with van der Waals surface area (Å²) in [6, 6.07) is 13.6. The molecule has 2 heterocycles. The van der Waals surface area contributed by atoms with Crippen molar-refractivity contribution in [3.8, 4) is 17.1 Å². The van der Waals surface area contributed by atoms with Crippen molar-refractivity contribution in [3.05, 3.63) is 53.6 Å². The number of hydrogen-bond donors (Lipinski definition) is 2. The molecular weight excluding hydrogens is 378 g/mol. The Labute approximate surface area is 177 Å². The fraction of sp³-hybridized carbons (Fsp3) is 0.375. The molecule has 1 aliphatic heterocycles. The quantitative estimate of drug-likeness (QED) is 0.675. The minimum atomic E-state index is -0.189. The Hall–Kier alpha value is -2.83. The molecule has 6 heteroatoms. The van der Waals surface area contributed by atoms with Crippen molar-refractivity contribution in [1.29, 1.82) is 0 Å². The lowest BCUT2D eigenvalue weighted by atomic mass is 9.99. The number of nitrogens with one attached hydrogen (secondary N) is 1. The lowest BCUT2D eigenvalue weighted by molar-refractivity contribution is 0.0964. The molecule has 1 aromatic heterocycles. The van der Waals surface area contributed by atoms with Gasteiger partial charge in [0.1, 0.15) is 17.1 Å². The number of benzene rings is 2. The third-order valence-electron chi connectivity index (χ3n) is 6.03. The molecule has 0 unspecified atom stereocenters. The predicted octanol–water partition coefficient (Wildman–Crippen LogP) is 3.69. The Morgan fingerprint density at radius 1 is 1.20 bits per heavy atom. The first kappa shape index (κ1) is 20.4. The number of carbonyl (C=O) groups is 1. The summed E-state index contributed by atoms with van der Waals surface area (Å²) in [5.41, 5.74) is 2.81. The van der Waals surface area contributed by atoms with Crippen LogP contribution < -0.4 is 5.32 Å². The molecule has 2 aromatic carbocycles. The minimum Gasteiger partial charge on any atom is -0.508 e. The second-order valence-corrected chi connectivity index (χ2v) is 8.20. The molecule has 0 radical (unpaired) electrons. The number of hydrogen-bond acceptors (Lipinski definition) is 5. The van der Waals surface area contributed by atoms with Gasteiger partial charge >= 0.3 is 0 Å². The molecule has 1 saturated heterocycles. The van der Waals surface area contributed by atoms with Crippen molar-refractivity contribution in [2.45, 2.75) is 25.4 Å². The highest BCUT2D eigenvalue weighted by Gasteiger charge is 2.26. The number of carbonyl (C=O) groups excluding carboxylic acids is 1. The Morgan fingerprint density at radius 3 is 2.53 bits per heavy atom. The predicted molar refractivity (Wildman–Crippen MR) is 119 cm³/mol. The first-order chi connectivity index (χ1) is 14.5. The van der Waals surface area contributed by atoms with E-state index in [-0.39, 0.29) is 11.7 Å². The van der Waals surface area contributed by atoms with E-state index < -0.39 is 0 Å². The molecule has 1 aliphatic rings. The van der Waals surface area contributed by atoms with Gasteiger partial charge in [-0.3, -0.25) is 9.69 Å². The molecule has 30 heavy (non-hydrogen) atoms. The number of piperidine rings is 1. The van der Waals surface area contributed by atoms with Gasteiger partial charge in [-0.2, -0.15) is 0 Å². The van der Waals surface area contributed by atoms with E-state index >= 15 is 0 Å². The van der Waals surface area contributed by atoms with E-state index in [0.717, 1.165) is 42.4 Å². The molecule has 0 spiro atoms. The second kappa shape index (κ2) is 8.50. The number of amides is 1. The number of phenolic OH excluding ortho intramolecular Hbond substituents is 1. The molecule has 1 amide bonds. The number of aromatic hydroxyl groups is 1. The van der Waals surface area contributed by atoms with E-state index in [4.69, 9.17) is 4.42 Å². The largest absolute Gasteiger partial charge is 0.508 e. The average molecular weight is 408 g/mol. The van der Waals surface area contributed by atoms with Crippen LogP contribution in [-0.2, 0) is 6.54 Å². The standard InChI is InChI=1S/C24H29N3O3/c1-25-24(29)22-21-17(15-27-11-9-18(10-12-27)26(2)3)13-19(28)14-20(21)30-23(22)16-7-5-4-6-8-16/h4-8,13-14,18,28H,9-12,15H2,1-3H3,(H,25,29). The summed E-state index contributed by atoms with van der Waals surface area (Å²) in [5.74, 6) is 0.492. The highest BCUT2D eigenvalue weighted by Crippen LogP contribution is 2.38. The fourth-order valence-corrected chi connectivity index (χ4v) is 4.39. The van der Waals surface area contributed by atoms with Crippen LogP contribution in [0.2, 0.25) is 0 Å². The molecule has 158 valence electrons. The van der Waals surface area contributed by atoms with Gasteiger partial charge in [0.25, 0.3) is 5.91 Å². The molecule has 0 atom stereocenters. The molecule has 6 nitrogen and oxygen atoms in total. The summed E-state index contributed by atoms with van der Waals surface area (Å²) in [5, 5.41) is 13.9. The average Bonchev–Trinajstić information content (AvgIpc) is 3.13. The summed E-state index contributed by atoms with van der Waals surface area (Å²) < 4.78 is 6.12. The van der Waals surface area contributed by atoms with Gasteiger partial charge in [-0.25, -0.2) is 0 Å². The van der Waals surface area contributed by atoms with Crippen LogP contribution in [0.25, 0.3) is 22.3 Å². The minimum absolute atomic E-state index is 0.150. The maximum atomic E-state index is 12.9. The summed E-state index contributed by atoms with van der Waals surface area (Å²) in [6.07, 6.45) is 2.22. The Balaban J connectivity index is 1.77. The van der Waals surface area contributed by atoms with Gasteiger partial charge in [0, 0.05) is 36.7 Å². The van der Waals surface area contributed by atoms with E-state index in [1.165, 1.54) is 0 Å². The Bertz CT molecular complexity index is 1030. The smallest absolute Gasteiger partial charge is 0.255 e. The topological polar surface area (TPSA) is 68.9 Å². The van der Waals surface area contributed by atoms with E-state index in [1.807, 2.05) is 30.3 Å². The third-order valence-corrected chi connectivity index (χ3v) is 6.03. The normalized spacial score (nSPS) is 15.7. The van der Waals surface area contributed by atoms with Gasteiger partial charge in [-0.1, -0.05) is 30.3 Å². The van der Waals surface area contributed by atoms with Gasteiger partial charge in [-0.15, -0.1) is 0 Å². The zero-order valence-corrected chi connectivity index (χ0v) is 17.8. The maximum Gasteiger partial charge on any atom is 0.255 e. The van der Waals surface area contributed by atoms with Crippen molar-refractivity contribution in [2.75, 3.05) is 34.2 Å². The fourth-order valence-electron chi connectivity index (χ4n) is 4.39. The molecule has 1 fully saturated rings. The summed E-state index contributed by atoms with van der Waals surface area (Å²) in [6.45, 7) is 2.64. The van der Waals surface area contributed by atoms with E-state index in [9.17, 15) is 9.90 Å². The molecule has 0 bridgehead atoms. The maximum absolute atomic E-state index is 12.9. The van der Waals surface area contributed by atoms with Crippen molar-refractivity contribution in [3.63, 3.8) is 0 Å². The number of rotatable bonds is 5. The van der Waals surface area contributed by atoms with Crippen LogP contribution in [0.1, 0.15) is 28.8 Å². The number of likely N-dealkylation sites (tertiary alicyclic amines) is 1. The van der Waals surface area contributed by atoms with Gasteiger partial charge in [0.15, 0.2) is 0 Å². The SMILES string of the molecule is CNC(=O)c1c(-c2ccccc2)oc2cc(O)cc(CN3CCC(N(C)C)CC3)c12. The van der Waals surface area contributed by atoms with Crippen molar-refractivity contribution < 1.29 is 14.3 Å². The highest BCUT2D eigenvalue weighted by atomic mass is 16.3. The van der Waals surface area contributed by atoms with Crippen LogP contribution in [0.15, 0.2) is 46.9 Å². The molecule has 3 aromatic rings. The monoisotopic (exact) mass is 407 g/mol.